The molecule has 2 nitrogen and oxygen atoms in total. The van der Waals surface area contributed by atoms with E-state index in [4.69, 9.17) is 5.11 Å². The molecule has 1 N–H and O–H groups in total. The van der Waals surface area contributed by atoms with E-state index in [1.807, 2.05) is 0 Å². The van der Waals surface area contributed by atoms with Crippen LogP contribution in [0.3, 0.4) is 0 Å². The van der Waals surface area contributed by atoms with Gasteiger partial charge >= 0.3 is 0 Å². The predicted octanol–water partition coefficient (Wildman–Crippen LogP) is 3.91. The lowest BCUT2D eigenvalue weighted by atomic mass is 10.1. The Hall–Kier alpha value is -2.07. The van der Waals surface area contributed by atoms with Gasteiger partial charge in [0.05, 0.1) is 6.10 Å². The fraction of sp³-hybridized carbons (Fsp3) is 0.188. The van der Waals surface area contributed by atoms with Crippen LogP contribution in [0.25, 0.3) is 0 Å². The number of hydrogen-bond acceptors (Lipinski definition) is 2. The number of Topliss-reactive ketones (excluding diaryl/α,β-unsaturated/α-hetero) is 1. The van der Waals surface area contributed by atoms with Crippen molar-refractivity contribution in [1.29, 1.82) is 0 Å². The molecule has 0 spiro atoms. The number of carbonyl (C=O) groups is 1. The van der Waals surface area contributed by atoms with Gasteiger partial charge in [-0.25, -0.2) is 8.78 Å². The van der Waals surface area contributed by atoms with Crippen LogP contribution in [-0.4, -0.2) is 10.9 Å². The maximum atomic E-state index is 12.3. The van der Waals surface area contributed by atoms with E-state index in [0.29, 0.717) is 5.56 Å². The molecule has 0 heterocycles. The quantitative estimate of drug-likeness (QED) is 0.846. The Morgan fingerprint density at radius 1 is 0.950 bits per heavy atom. The maximum absolute atomic E-state index is 12.3. The summed E-state index contributed by atoms with van der Waals surface area (Å²) in [5.74, 6) is -0.630. The van der Waals surface area contributed by atoms with E-state index >= 15 is 0 Å². The second kappa shape index (κ2) is 7.50. The number of aliphatic hydroxyl groups is 1. The standard InChI is InChI=1S/C8H9FO.C8H7FO/c2*1-6(10)7-2-4-8(9)5-3-7/h2-6,10H,1H3;2-5H,1H3. The van der Waals surface area contributed by atoms with E-state index in [1.165, 1.54) is 43.3 Å². The zero-order valence-electron chi connectivity index (χ0n) is 11.3. The summed E-state index contributed by atoms with van der Waals surface area (Å²) in [6, 6.07) is 11.3. The van der Waals surface area contributed by atoms with Gasteiger partial charge in [0.2, 0.25) is 0 Å². The molecule has 106 valence electrons. The van der Waals surface area contributed by atoms with E-state index in [0.717, 1.165) is 5.56 Å². The third-order valence-corrected chi connectivity index (χ3v) is 2.60. The third-order valence-electron chi connectivity index (χ3n) is 2.60. The minimum Gasteiger partial charge on any atom is -0.389 e. The van der Waals surface area contributed by atoms with E-state index in [1.54, 1.807) is 19.1 Å². The van der Waals surface area contributed by atoms with Gasteiger partial charge in [0, 0.05) is 5.56 Å². The molecule has 0 aliphatic rings. The molecule has 20 heavy (non-hydrogen) atoms. The molecule has 0 aromatic heterocycles. The molecular weight excluding hydrogens is 262 g/mol. The van der Waals surface area contributed by atoms with Crippen molar-refractivity contribution in [3.63, 3.8) is 0 Å². The van der Waals surface area contributed by atoms with Crippen LogP contribution in [0.4, 0.5) is 8.78 Å². The summed E-state index contributed by atoms with van der Waals surface area (Å²) < 4.78 is 24.5. The van der Waals surface area contributed by atoms with Crippen molar-refractivity contribution in [2.24, 2.45) is 0 Å². The summed E-state index contributed by atoms with van der Waals surface area (Å²) >= 11 is 0. The Morgan fingerprint density at radius 2 is 1.35 bits per heavy atom. The lowest BCUT2D eigenvalue weighted by Gasteiger charge is -2.01. The highest BCUT2D eigenvalue weighted by molar-refractivity contribution is 5.93. The third kappa shape index (κ3) is 5.28. The Kier molecular flexibility index (Phi) is 6.00. The van der Waals surface area contributed by atoms with Crippen molar-refractivity contribution < 1.29 is 18.7 Å². The topological polar surface area (TPSA) is 37.3 Å². The normalized spacial score (nSPS) is 11.2. The summed E-state index contributed by atoms with van der Waals surface area (Å²) in [5, 5.41) is 8.99. The minimum absolute atomic E-state index is 0.0417. The van der Waals surface area contributed by atoms with Crippen LogP contribution in [0.2, 0.25) is 0 Å². The zero-order valence-corrected chi connectivity index (χ0v) is 11.3. The molecule has 0 bridgehead atoms. The van der Waals surface area contributed by atoms with Gasteiger partial charge in [0.25, 0.3) is 0 Å². The Morgan fingerprint density at radius 3 is 1.70 bits per heavy atom. The van der Waals surface area contributed by atoms with Crippen molar-refractivity contribution in [3.05, 3.63) is 71.3 Å². The number of ketones is 1. The van der Waals surface area contributed by atoms with Crippen molar-refractivity contribution in [2.75, 3.05) is 0 Å². The van der Waals surface area contributed by atoms with Crippen LogP contribution in [0, 0.1) is 11.6 Å². The number of carbonyl (C=O) groups excluding carboxylic acids is 1. The molecule has 1 unspecified atom stereocenters. The molecule has 0 radical (unpaired) electrons. The van der Waals surface area contributed by atoms with Crippen LogP contribution in [-0.2, 0) is 0 Å². The van der Waals surface area contributed by atoms with Gasteiger partial charge in [-0.3, -0.25) is 4.79 Å². The molecule has 1 atom stereocenters. The first-order chi connectivity index (χ1) is 9.40. The number of aliphatic hydroxyl groups excluding tert-OH is 1. The first kappa shape index (κ1) is 16.0. The van der Waals surface area contributed by atoms with Gasteiger partial charge in [0.15, 0.2) is 5.78 Å². The SMILES string of the molecule is CC(=O)c1ccc(F)cc1.CC(O)c1ccc(F)cc1. The number of benzene rings is 2. The molecule has 0 aliphatic heterocycles. The van der Waals surface area contributed by atoms with Gasteiger partial charge in [0.1, 0.15) is 11.6 Å². The van der Waals surface area contributed by atoms with Crippen LogP contribution in [0.1, 0.15) is 35.9 Å². The molecular formula is C16H16F2O2. The summed E-state index contributed by atoms with van der Waals surface area (Å²) in [5.41, 5.74) is 1.28. The van der Waals surface area contributed by atoms with Crippen LogP contribution >= 0.6 is 0 Å². The highest BCUT2D eigenvalue weighted by Gasteiger charge is 1.98. The Balaban J connectivity index is 0.000000200. The van der Waals surface area contributed by atoms with Crippen LogP contribution in [0.5, 0.6) is 0 Å². The zero-order chi connectivity index (χ0) is 15.1. The first-order valence-electron chi connectivity index (χ1n) is 6.10. The fourth-order valence-electron chi connectivity index (χ4n) is 1.43. The lowest BCUT2D eigenvalue weighted by molar-refractivity contribution is 0.101. The average molecular weight is 278 g/mol. The summed E-state index contributed by atoms with van der Waals surface area (Å²) in [7, 11) is 0. The van der Waals surface area contributed by atoms with E-state index in [9.17, 15) is 13.6 Å². The highest BCUT2D eigenvalue weighted by atomic mass is 19.1. The summed E-state index contributed by atoms with van der Waals surface area (Å²) in [4.78, 5) is 10.6. The summed E-state index contributed by atoms with van der Waals surface area (Å²) in [6.45, 7) is 3.10. The van der Waals surface area contributed by atoms with Gasteiger partial charge in [-0.2, -0.15) is 0 Å². The smallest absolute Gasteiger partial charge is 0.159 e. The summed E-state index contributed by atoms with van der Waals surface area (Å²) in [6.07, 6.45) is -0.513. The van der Waals surface area contributed by atoms with Gasteiger partial charge in [-0.1, -0.05) is 12.1 Å². The highest BCUT2D eigenvalue weighted by Crippen LogP contribution is 2.11. The lowest BCUT2D eigenvalue weighted by Crippen LogP contribution is -1.90. The molecule has 0 aliphatic carbocycles. The second-order valence-electron chi connectivity index (χ2n) is 4.29. The molecule has 2 aromatic rings. The van der Waals surface area contributed by atoms with Gasteiger partial charge in [-0.15, -0.1) is 0 Å². The van der Waals surface area contributed by atoms with Crippen molar-refractivity contribution in [1.82, 2.24) is 0 Å². The minimum atomic E-state index is -0.513. The molecule has 0 amide bonds. The van der Waals surface area contributed by atoms with Crippen molar-refractivity contribution in [2.45, 2.75) is 20.0 Å². The average Bonchev–Trinajstić information content (AvgIpc) is 2.40. The van der Waals surface area contributed by atoms with Crippen LogP contribution in [0.15, 0.2) is 48.5 Å². The van der Waals surface area contributed by atoms with Crippen LogP contribution < -0.4 is 0 Å². The molecule has 0 saturated heterocycles. The van der Waals surface area contributed by atoms with Crippen molar-refractivity contribution in [3.8, 4) is 0 Å². The molecule has 2 aromatic carbocycles. The van der Waals surface area contributed by atoms with E-state index < -0.39 is 6.10 Å². The van der Waals surface area contributed by atoms with Gasteiger partial charge in [-0.05, 0) is 55.8 Å². The fourth-order valence-corrected chi connectivity index (χ4v) is 1.43. The molecule has 0 fully saturated rings. The number of hydrogen-bond donors (Lipinski definition) is 1. The monoisotopic (exact) mass is 278 g/mol. The second-order valence-corrected chi connectivity index (χ2v) is 4.29. The molecule has 4 heteroatoms. The maximum Gasteiger partial charge on any atom is 0.159 e. The Labute approximate surface area is 116 Å². The molecule has 2 rings (SSSR count). The van der Waals surface area contributed by atoms with Gasteiger partial charge < -0.3 is 5.11 Å². The van der Waals surface area contributed by atoms with Crippen molar-refractivity contribution >= 4 is 5.78 Å². The first-order valence-corrected chi connectivity index (χ1v) is 6.10. The largest absolute Gasteiger partial charge is 0.389 e. The van der Waals surface area contributed by atoms with E-state index in [2.05, 4.69) is 0 Å². The Bertz CT molecular complexity index is 546. The number of halogens is 2. The molecule has 0 saturated carbocycles. The predicted molar refractivity (Wildman–Crippen MR) is 73.4 cm³/mol. The number of rotatable bonds is 2. The van der Waals surface area contributed by atoms with E-state index in [-0.39, 0.29) is 17.4 Å².